The molecule has 31 heavy (non-hydrogen) atoms. The molecule has 1 aromatic heterocycles. The normalized spacial score (nSPS) is 11.8. The molecule has 5 heteroatoms. The predicted molar refractivity (Wildman–Crippen MR) is 130 cm³/mol. The van der Waals surface area contributed by atoms with E-state index in [9.17, 15) is 4.79 Å². The highest BCUT2D eigenvalue weighted by Crippen LogP contribution is 2.35. The molecule has 0 saturated carbocycles. The van der Waals surface area contributed by atoms with Crippen LogP contribution in [0.15, 0.2) is 48.8 Å². The Kier molecular flexibility index (Phi) is 7.08. The second kappa shape index (κ2) is 9.75. The fourth-order valence-electron chi connectivity index (χ4n) is 3.93. The summed E-state index contributed by atoms with van der Waals surface area (Å²) in [5.41, 5.74) is 14.4. The Labute approximate surface area is 185 Å². The van der Waals surface area contributed by atoms with Crippen molar-refractivity contribution in [2.75, 3.05) is 17.2 Å². The first-order chi connectivity index (χ1) is 14.8. The van der Waals surface area contributed by atoms with Crippen molar-refractivity contribution in [3.8, 4) is 11.1 Å². The van der Waals surface area contributed by atoms with Gasteiger partial charge in [0.2, 0.25) is 0 Å². The number of pyridine rings is 1. The van der Waals surface area contributed by atoms with E-state index in [0.717, 1.165) is 34.4 Å². The number of hydrogen-bond donors (Lipinski definition) is 3. The van der Waals surface area contributed by atoms with Crippen molar-refractivity contribution in [3.05, 3.63) is 76.6 Å². The lowest BCUT2D eigenvalue weighted by Crippen LogP contribution is -2.22. The van der Waals surface area contributed by atoms with Crippen LogP contribution in [-0.4, -0.2) is 23.5 Å². The van der Waals surface area contributed by atoms with Crippen molar-refractivity contribution in [2.24, 2.45) is 5.73 Å². The summed E-state index contributed by atoms with van der Waals surface area (Å²) in [6.45, 7) is 10.8. The molecule has 0 radical (unpaired) electrons. The van der Waals surface area contributed by atoms with Gasteiger partial charge in [-0.15, -0.1) is 0 Å². The third kappa shape index (κ3) is 5.70. The molecule has 1 amide bonds. The molecule has 4 N–H and O–H groups in total. The molecule has 2 aromatic carbocycles. The summed E-state index contributed by atoms with van der Waals surface area (Å²) in [5, 5.41) is 6.64. The standard InChI is InChI=1S/C26H32N4O/c1-16-8-17(2)11-21(10-16)23-14-28-15-24(25(23)29-20(5)6-7-27)30-26(31)22-12-18(3)9-19(4)13-22/h8-15,20H,6-7,27H2,1-5H3,(H,28,29)(H,30,31). The summed E-state index contributed by atoms with van der Waals surface area (Å²) in [7, 11) is 0. The van der Waals surface area contributed by atoms with E-state index >= 15 is 0 Å². The van der Waals surface area contributed by atoms with Gasteiger partial charge in [0.1, 0.15) is 0 Å². The Morgan fingerprint density at radius 3 is 2.10 bits per heavy atom. The number of rotatable bonds is 7. The van der Waals surface area contributed by atoms with Crippen LogP contribution in [0.5, 0.6) is 0 Å². The predicted octanol–water partition coefficient (Wildman–Crippen LogP) is 5.38. The maximum absolute atomic E-state index is 13.1. The van der Waals surface area contributed by atoms with Gasteiger partial charge in [-0.2, -0.15) is 0 Å². The average Bonchev–Trinajstić information content (AvgIpc) is 2.68. The molecule has 0 aliphatic carbocycles. The molecular formula is C26H32N4O. The zero-order valence-electron chi connectivity index (χ0n) is 19.0. The van der Waals surface area contributed by atoms with E-state index in [1.165, 1.54) is 11.1 Å². The van der Waals surface area contributed by atoms with Gasteiger partial charge >= 0.3 is 0 Å². The summed E-state index contributed by atoms with van der Waals surface area (Å²) in [6, 6.07) is 12.4. The highest BCUT2D eigenvalue weighted by Gasteiger charge is 2.17. The maximum atomic E-state index is 13.1. The number of aryl methyl sites for hydroxylation is 4. The number of nitrogens with one attached hydrogen (secondary N) is 2. The topological polar surface area (TPSA) is 80.0 Å². The van der Waals surface area contributed by atoms with Gasteiger partial charge in [-0.05, 0) is 65.3 Å². The highest BCUT2D eigenvalue weighted by atomic mass is 16.1. The first-order valence-corrected chi connectivity index (χ1v) is 10.7. The van der Waals surface area contributed by atoms with Crippen molar-refractivity contribution in [1.29, 1.82) is 0 Å². The molecule has 3 rings (SSSR count). The lowest BCUT2D eigenvalue weighted by Gasteiger charge is -2.21. The van der Waals surface area contributed by atoms with Gasteiger partial charge in [0.25, 0.3) is 5.91 Å². The number of nitrogens with two attached hydrogens (primary N) is 1. The third-order valence-electron chi connectivity index (χ3n) is 5.20. The molecule has 1 heterocycles. The lowest BCUT2D eigenvalue weighted by atomic mass is 9.99. The van der Waals surface area contributed by atoms with E-state index in [0.29, 0.717) is 17.8 Å². The number of carbonyl (C=O) groups excluding carboxylic acids is 1. The second-order valence-corrected chi connectivity index (χ2v) is 8.44. The number of aromatic nitrogens is 1. The van der Waals surface area contributed by atoms with Crippen LogP contribution in [0.2, 0.25) is 0 Å². The van der Waals surface area contributed by atoms with Crippen LogP contribution in [-0.2, 0) is 0 Å². The Hall–Kier alpha value is -3.18. The molecule has 0 bridgehead atoms. The van der Waals surface area contributed by atoms with E-state index in [-0.39, 0.29) is 11.9 Å². The number of carbonyl (C=O) groups is 1. The molecular weight excluding hydrogens is 384 g/mol. The molecule has 5 nitrogen and oxygen atoms in total. The Balaban J connectivity index is 2.05. The molecule has 162 valence electrons. The molecule has 1 atom stereocenters. The van der Waals surface area contributed by atoms with Crippen LogP contribution in [0, 0.1) is 27.7 Å². The van der Waals surface area contributed by atoms with Crippen molar-refractivity contribution in [1.82, 2.24) is 4.98 Å². The van der Waals surface area contributed by atoms with E-state index < -0.39 is 0 Å². The number of benzene rings is 2. The number of anilines is 2. The second-order valence-electron chi connectivity index (χ2n) is 8.44. The van der Waals surface area contributed by atoms with Gasteiger partial charge in [-0.1, -0.05) is 46.5 Å². The van der Waals surface area contributed by atoms with Crippen molar-refractivity contribution < 1.29 is 4.79 Å². The van der Waals surface area contributed by atoms with Crippen molar-refractivity contribution in [3.63, 3.8) is 0 Å². The summed E-state index contributed by atoms with van der Waals surface area (Å²) < 4.78 is 0. The Morgan fingerprint density at radius 1 is 0.935 bits per heavy atom. The van der Waals surface area contributed by atoms with Gasteiger partial charge in [-0.25, -0.2) is 0 Å². The minimum Gasteiger partial charge on any atom is -0.380 e. The van der Waals surface area contributed by atoms with Crippen LogP contribution in [0.3, 0.4) is 0 Å². The monoisotopic (exact) mass is 416 g/mol. The minimum absolute atomic E-state index is 0.147. The fraction of sp³-hybridized carbons (Fsp3) is 0.308. The van der Waals surface area contributed by atoms with E-state index in [1.54, 1.807) is 6.20 Å². The van der Waals surface area contributed by atoms with Crippen LogP contribution < -0.4 is 16.4 Å². The maximum Gasteiger partial charge on any atom is 0.255 e. The smallest absolute Gasteiger partial charge is 0.255 e. The van der Waals surface area contributed by atoms with Crippen LogP contribution >= 0.6 is 0 Å². The number of amides is 1. The van der Waals surface area contributed by atoms with Crippen molar-refractivity contribution >= 4 is 17.3 Å². The Bertz CT molecular complexity index is 1050. The molecule has 0 aliphatic heterocycles. The van der Waals surface area contributed by atoms with Gasteiger partial charge in [-0.3, -0.25) is 9.78 Å². The molecule has 0 spiro atoms. The summed E-state index contributed by atoms with van der Waals surface area (Å²) >= 11 is 0. The minimum atomic E-state index is -0.152. The summed E-state index contributed by atoms with van der Waals surface area (Å²) in [6.07, 6.45) is 4.36. The van der Waals surface area contributed by atoms with E-state index in [1.807, 2.05) is 32.2 Å². The zero-order valence-corrected chi connectivity index (χ0v) is 19.0. The fourth-order valence-corrected chi connectivity index (χ4v) is 3.93. The van der Waals surface area contributed by atoms with Crippen molar-refractivity contribution in [2.45, 2.75) is 47.1 Å². The number of nitrogens with zero attached hydrogens (tertiary/aromatic N) is 1. The van der Waals surface area contributed by atoms with Gasteiger partial charge < -0.3 is 16.4 Å². The lowest BCUT2D eigenvalue weighted by molar-refractivity contribution is 0.102. The third-order valence-corrected chi connectivity index (χ3v) is 5.20. The first-order valence-electron chi connectivity index (χ1n) is 10.7. The Morgan fingerprint density at radius 2 is 1.52 bits per heavy atom. The molecule has 0 saturated heterocycles. The highest BCUT2D eigenvalue weighted by molar-refractivity contribution is 6.07. The average molecular weight is 417 g/mol. The van der Waals surface area contributed by atoms with Crippen LogP contribution in [0.25, 0.3) is 11.1 Å². The molecule has 0 aliphatic rings. The van der Waals surface area contributed by atoms with Gasteiger partial charge in [0.15, 0.2) is 0 Å². The van der Waals surface area contributed by atoms with E-state index in [4.69, 9.17) is 5.73 Å². The quantitative estimate of drug-likeness (QED) is 0.483. The summed E-state index contributed by atoms with van der Waals surface area (Å²) in [4.78, 5) is 17.5. The molecule has 1 unspecified atom stereocenters. The first kappa shape index (κ1) is 22.5. The largest absolute Gasteiger partial charge is 0.380 e. The van der Waals surface area contributed by atoms with Crippen LogP contribution in [0.1, 0.15) is 46.0 Å². The molecule has 0 fully saturated rings. The van der Waals surface area contributed by atoms with Gasteiger partial charge in [0, 0.05) is 23.4 Å². The van der Waals surface area contributed by atoms with E-state index in [2.05, 4.69) is 60.7 Å². The molecule has 3 aromatic rings. The van der Waals surface area contributed by atoms with Crippen LogP contribution in [0.4, 0.5) is 11.4 Å². The summed E-state index contributed by atoms with van der Waals surface area (Å²) in [5.74, 6) is -0.152. The SMILES string of the molecule is Cc1cc(C)cc(C(=O)Nc2cncc(-c3cc(C)cc(C)c3)c2NC(C)CCN)c1. The number of hydrogen-bond acceptors (Lipinski definition) is 4. The van der Waals surface area contributed by atoms with Gasteiger partial charge in [0.05, 0.1) is 17.6 Å². The zero-order chi connectivity index (χ0) is 22.5.